The van der Waals surface area contributed by atoms with Crippen molar-refractivity contribution in [2.45, 2.75) is 45.4 Å². The first-order valence-corrected chi connectivity index (χ1v) is 6.77. The summed E-state index contributed by atoms with van der Waals surface area (Å²) in [6.07, 6.45) is 8.03. The van der Waals surface area contributed by atoms with Crippen molar-refractivity contribution in [3.05, 3.63) is 0 Å². The Labute approximate surface area is 105 Å². The first-order chi connectivity index (χ1) is 8.13. The fraction of sp³-hybridized carbons (Fsp3) is 0.857. The van der Waals surface area contributed by atoms with Gasteiger partial charge < -0.3 is 9.69 Å². The normalized spacial score (nSPS) is 22.9. The molecule has 1 heterocycles. The molecule has 0 bridgehead atoms. The Morgan fingerprint density at radius 3 is 2.00 bits per heavy atom. The van der Waals surface area contributed by atoms with E-state index in [0.29, 0.717) is 17.6 Å². The van der Waals surface area contributed by atoms with Crippen LogP contribution in [-0.2, 0) is 9.59 Å². The molecule has 0 spiro atoms. The van der Waals surface area contributed by atoms with Crippen LogP contribution in [0.15, 0.2) is 0 Å². The third-order valence-corrected chi connectivity index (χ3v) is 3.89. The number of carbonyl (C=O) groups is 2. The topological polar surface area (TPSA) is 37.4 Å². The van der Waals surface area contributed by atoms with E-state index < -0.39 is 0 Å². The highest BCUT2D eigenvalue weighted by atomic mass is 16.1. The molecule has 17 heavy (non-hydrogen) atoms. The van der Waals surface area contributed by atoms with Crippen LogP contribution in [0.3, 0.4) is 0 Å². The number of carbonyl (C=O) groups excluding carboxylic acids is 2. The summed E-state index contributed by atoms with van der Waals surface area (Å²) in [5.74, 6) is 1.14. The van der Waals surface area contributed by atoms with Gasteiger partial charge in [-0.2, -0.15) is 0 Å². The summed E-state index contributed by atoms with van der Waals surface area (Å²) in [6.45, 7) is 3.88. The highest BCUT2D eigenvalue weighted by Gasteiger charge is 2.19. The molecule has 2 rings (SSSR count). The highest BCUT2D eigenvalue weighted by Crippen LogP contribution is 2.21. The quantitative estimate of drug-likeness (QED) is 0.694. The van der Waals surface area contributed by atoms with Crippen molar-refractivity contribution in [1.29, 1.82) is 0 Å². The number of hydrogen-bond acceptors (Lipinski definition) is 3. The highest BCUT2D eigenvalue weighted by molar-refractivity contribution is 5.78. The Bertz CT molecular complexity index is 239. The van der Waals surface area contributed by atoms with E-state index in [1.807, 2.05) is 0 Å². The van der Waals surface area contributed by atoms with E-state index in [1.54, 1.807) is 6.92 Å². The number of aldehydes is 1. The molecule has 0 atom stereocenters. The summed E-state index contributed by atoms with van der Waals surface area (Å²) in [5.41, 5.74) is 0. The fourth-order valence-electron chi connectivity index (χ4n) is 2.51. The van der Waals surface area contributed by atoms with Crippen molar-refractivity contribution in [1.82, 2.24) is 4.90 Å². The van der Waals surface area contributed by atoms with E-state index >= 15 is 0 Å². The molecule has 0 aromatic heterocycles. The first kappa shape index (κ1) is 14.4. The average Bonchev–Trinajstić information content (AvgIpc) is 2.83. The van der Waals surface area contributed by atoms with Gasteiger partial charge in [0.1, 0.15) is 12.1 Å². The number of piperidine rings is 1. The zero-order valence-electron chi connectivity index (χ0n) is 11.2. The zero-order valence-corrected chi connectivity index (χ0v) is 11.2. The van der Waals surface area contributed by atoms with Crippen molar-refractivity contribution < 1.29 is 9.59 Å². The van der Waals surface area contributed by atoms with Gasteiger partial charge in [0.15, 0.2) is 0 Å². The molecule has 2 fully saturated rings. The van der Waals surface area contributed by atoms with Gasteiger partial charge in [0.05, 0.1) is 0 Å². The Hall–Kier alpha value is -0.700. The standard InChI is InChI=1S/C8H15NO.C6H10O/c1-7(10)8-3-5-9(2)6-4-8;7-5-6-3-1-2-4-6/h8H,3-6H2,1-2H3;5-6H,1-4H2. The van der Waals surface area contributed by atoms with Crippen molar-refractivity contribution in [2.24, 2.45) is 11.8 Å². The van der Waals surface area contributed by atoms with Crippen LogP contribution in [0.2, 0.25) is 0 Å². The number of likely N-dealkylation sites (tertiary alicyclic amines) is 1. The molecule has 0 aromatic rings. The van der Waals surface area contributed by atoms with E-state index in [0.717, 1.165) is 45.1 Å². The van der Waals surface area contributed by atoms with Gasteiger partial charge in [-0.05, 0) is 52.7 Å². The van der Waals surface area contributed by atoms with Crippen molar-refractivity contribution >= 4 is 12.1 Å². The lowest BCUT2D eigenvalue weighted by Gasteiger charge is -2.26. The largest absolute Gasteiger partial charge is 0.306 e. The monoisotopic (exact) mass is 239 g/mol. The lowest BCUT2D eigenvalue weighted by atomic mass is 9.94. The zero-order chi connectivity index (χ0) is 12.7. The molecular weight excluding hydrogens is 214 g/mol. The second kappa shape index (κ2) is 7.59. The average molecular weight is 239 g/mol. The van der Waals surface area contributed by atoms with Gasteiger partial charge in [0, 0.05) is 11.8 Å². The minimum atomic E-state index is 0.358. The maximum Gasteiger partial charge on any atom is 0.133 e. The third kappa shape index (κ3) is 5.44. The number of hydrogen-bond donors (Lipinski definition) is 0. The van der Waals surface area contributed by atoms with E-state index in [1.165, 1.54) is 12.8 Å². The van der Waals surface area contributed by atoms with E-state index in [9.17, 15) is 9.59 Å². The smallest absolute Gasteiger partial charge is 0.133 e. The lowest BCUT2D eigenvalue weighted by molar-refractivity contribution is -0.122. The molecule has 1 saturated heterocycles. The molecule has 3 nitrogen and oxygen atoms in total. The van der Waals surface area contributed by atoms with Crippen LogP contribution in [0.5, 0.6) is 0 Å². The molecule has 0 unspecified atom stereocenters. The van der Waals surface area contributed by atoms with Gasteiger partial charge in [-0.25, -0.2) is 0 Å². The van der Waals surface area contributed by atoms with Crippen LogP contribution in [0.25, 0.3) is 0 Å². The van der Waals surface area contributed by atoms with Gasteiger partial charge >= 0.3 is 0 Å². The van der Waals surface area contributed by atoms with Gasteiger partial charge in [-0.15, -0.1) is 0 Å². The predicted octanol–water partition coefficient (Wildman–Crippen LogP) is 2.29. The second-order valence-corrected chi connectivity index (χ2v) is 5.37. The lowest BCUT2D eigenvalue weighted by Crippen LogP contribution is -2.32. The second-order valence-electron chi connectivity index (χ2n) is 5.37. The van der Waals surface area contributed by atoms with E-state index in [2.05, 4.69) is 11.9 Å². The van der Waals surface area contributed by atoms with Crippen molar-refractivity contribution in [2.75, 3.05) is 20.1 Å². The summed E-state index contributed by atoms with van der Waals surface area (Å²) >= 11 is 0. The van der Waals surface area contributed by atoms with Crippen molar-refractivity contribution in [3.8, 4) is 0 Å². The summed E-state index contributed by atoms with van der Waals surface area (Å²) in [4.78, 5) is 23.2. The van der Waals surface area contributed by atoms with Gasteiger partial charge in [0.2, 0.25) is 0 Å². The van der Waals surface area contributed by atoms with Gasteiger partial charge in [-0.1, -0.05) is 12.8 Å². The molecule has 1 saturated carbocycles. The van der Waals surface area contributed by atoms with E-state index in [4.69, 9.17) is 0 Å². The molecule has 0 radical (unpaired) electrons. The summed E-state index contributed by atoms with van der Waals surface area (Å²) in [6, 6.07) is 0. The number of nitrogens with zero attached hydrogens (tertiary/aromatic N) is 1. The molecule has 0 amide bonds. The van der Waals surface area contributed by atoms with Crippen LogP contribution in [0.4, 0.5) is 0 Å². The van der Waals surface area contributed by atoms with Crippen LogP contribution in [-0.4, -0.2) is 37.1 Å². The minimum Gasteiger partial charge on any atom is -0.306 e. The van der Waals surface area contributed by atoms with E-state index in [-0.39, 0.29) is 0 Å². The molecule has 3 heteroatoms. The van der Waals surface area contributed by atoms with Crippen LogP contribution in [0.1, 0.15) is 45.4 Å². The molecule has 1 aliphatic heterocycles. The third-order valence-electron chi connectivity index (χ3n) is 3.89. The number of ketones is 1. The molecule has 0 aromatic carbocycles. The van der Waals surface area contributed by atoms with Crippen LogP contribution >= 0.6 is 0 Å². The predicted molar refractivity (Wildman–Crippen MR) is 68.9 cm³/mol. The Morgan fingerprint density at radius 2 is 1.65 bits per heavy atom. The maximum absolute atomic E-state index is 10.9. The molecule has 2 aliphatic rings. The Morgan fingerprint density at radius 1 is 1.12 bits per heavy atom. The summed E-state index contributed by atoms with van der Waals surface area (Å²) in [7, 11) is 2.11. The van der Waals surface area contributed by atoms with Gasteiger partial charge in [0.25, 0.3) is 0 Å². The minimum absolute atomic E-state index is 0.358. The van der Waals surface area contributed by atoms with Crippen LogP contribution in [0, 0.1) is 11.8 Å². The van der Waals surface area contributed by atoms with Gasteiger partial charge in [-0.3, -0.25) is 4.79 Å². The SMILES string of the molecule is CC(=O)C1CCN(C)CC1.O=CC1CCCC1. The van der Waals surface area contributed by atoms with Crippen molar-refractivity contribution in [3.63, 3.8) is 0 Å². The summed E-state index contributed by atoms with van der Waals surface area (Å²) in [5, 5.41) is 0. The maximum atomic E-state index is 10.9. The Kier molecular flexibility index (Phi) is 6.41. The summed E-state index contributed by atoms with van der Waals surface area (Å²) < 4.78 is 0. The van der Waals surface area contributed by atoms with Crippen LogP contribution < -0.4 is 0 Å². The molecule has 0 N–H and O–H groups in total. The number of rotatable bonds is 2. The molecule has 98 valence electrons. The first-order valence-electron chi connectivity index (χ1n) is 6.77. The Balaban J connectivity index is 0.000000181. The fourth-order valence-corrected chi connectivity index (χ4v) is 2.51. The molecule has 1 aliphatic carbocycles. The molecular formula is C14H25NO2. The number of Topliss-reactive ketones (excluding diaryl/α,β-unsaturated/α-hetero) is 1.